The van der Waals surface area contributed by atoms with Crippen LogP contribution in [-0.2, 0) is 32.0 Å². The van der Waals surface area contributed by atoms with Crippen molar-refractivity contribution in [2.75, 3.05) is 33.3 Å². The summed E-state index contributed by atoms with van der Waals surface area (Å²) in [5, 5.41) is 21.3. The van der Waals surface area contributed by atoms with Crippen LogP contribution in [0.15, 0.2) is 23.3 Å². The number of benzene rings is 1. The Balaban J connectivity index is 1.30. The van der Waals surface area contributed by atoms with E-state index >= 15 is 0 Å². The van der Waals surface area contributed by atoms with Gasteiger partial charge in [-0.05, 0) is 29.7 Å². The molecule has 2 atom stereocenters. The first-order valence-electron chi connectivity index (χ1n) is 13.8. The lowest BCUT2D eigenvalue weighted by Gasteiger charge is -2.30. The van der Waals surface area contributed by atoms with Crippen LogP contribution in [-0.4, -0.2) is 95.1 Å². The van der Waals surface area contributed by atoms with Gasteiger partial charge in [-0.2, -0.15) is 10.4 Å². The van der Waals surface area contributed by atoms with E-state index in [1.54, 1.807) is 34.3 Å². The van der Waals surface area contributed by atoms with E-state index in [1.807, 2.05) is 0 Å². The molecular weight excluding hydrogens is 647 g/mol. The lowest BCUT2D eigenvalue weighted by molar-refractivity contribution is -0.145. The van der Waals surface area contributed by atoms with Crippen molar-refractivity contribution in [3.8, 4) is 6.19 Å². The van der Waals surface area contributed by atoms with Crippen molar-refractivity contribution < 1.29 is 28.7 Å². The number of rotatable bonds is 7. The summed E-state index contributed by atoms with van der Waals surface area (Å²) in [6, 6.07) is 2.13. The number of ether oxygens (including phenoxy) is 2. The number of carbonyl (C=O) groups is 4. The highest BCUT2D eigenvalue weighted by Gasteiger charge is 2.31. The predicted molar refractivity (Wildman–Crippen MR) is 165 cm³/mol. The van der Waals surface area contributed by atoms with Crippen molar-refractivity contribution in [1.29, 1.82) is 5.26 Å². The van der Waals surface area contributed by atoms with Crippen LogP contribution in [0.4, 0.5) is 0 Å². The van der Waals surface area contributed by atoms with E-state index in [9.17, 15) is 24.4 Å². The highest BCUT2D eigenvalue weighted by Crippen LogP contribution is 2.35. The maximum atomic E-state index is 13.5. The zero-order valence-electron chi connectivity index (χ0n) is 24.2. The lowest BCUT2D eigenvalue weighted by atomic mass is 9.96. The van der Waals surface area contributed by atoms with E-state index in [1.165, 1.54) is 25.4 Å². The monoisotopic (exact) mass is 674 g/mol. The molecule has 0 saturated carbocycles. The predicted octanol–water partition coefficient (Wildman–Crippen LogP) is 2.47. The highest BCUT2D eigenvalue weighted by molar-refractivity contribution is 7.20. The molecule has 1 fully saturated rings. The number of nitriles is 1. The molecule has 2 aromatic heterocycles. The normalized spacial score (nSPS) is 17.0. The minimum atomic E-state index is -1.24. The maximum Gasteiger partial charge on any atom is 0.330 e. The van der Waals surface area contributed by atoms with E-state index in [2.05, 4.69) is 25.8 Å². The van der Waals surface area contributed by atoms with Gasteiger partial charge >= 0.3 is 11.9 Å². The Hall–Kier alpha value is -4.39. The molecule has 2 aliphatic heterocycles. The molecule has 1 saturated heterocycles. The minimum Gasteiger partial charge on any atom is -0.467 e. The molecule has 1 aromatic carbocycles. The maximum absolute atomic E-state index is 13.5. The van der Waals surface area contributed by atoms with Crippen LogP contribution in [0.25, 0.3) is 10.2 Å². The number of thiophene rings is 1. The quantitative estimate of drug-likeness (QED) is 0.111. The van der Waals surface area contributed by atoms with Gasteiger partial charge in [-0.3, -0.25) is 24.8 Å². The lowest BCUT2D eigenvalue weighted by Crippen LogP contribution is -2.45. The molecule has 236 valence electrons. The van der Waals surface area contributed by atoms with Gasteiger partial charge in [0, 0.05) is 33.0 Å². The van der Waals surface area contributed by atoms with Crippen LogP contribution < -0.4 is 10.6 Å². The third kappa shape index (κ3) is 6.98. The van der Waals surface area contributed by atoms with E-state index in [0.717, 1.165) is 10.2 Å². The molecule has 3 N–H and O–H groups in total. The van der Waals surface area contributed by atoms with Crippen LogP contribution in [0.1, 0.15) is 44.5 Å². The molecule has 0 spiro atoms. The standard InChI is InChI=1S/C28H28Cl2N8O6S/c1-14(39)44-16-3-5-38(12-16)28(33-13-31)32-9-20(27(42)43-2)35-25(40)23-18(29)7-15-11-37(6-4-17(15)24(23)30)26(41)21-8-19-22(45-21)10-34-36-19/h7-8,10,16,20H,3-6,9,11-12H2,1-2H3,(H,32,33)(H,34,36)(H,35,40)/t16-,20-/m0/s1. The Bertz CT molecular complexity index is 1700. The first-order chi connectivity index (χ1) is 21.6. The van der Waals surface area contributed by atoms with Gasteiger partial charge in [0.15, 0.2) is 6.19 Å². The number of nitrogens with one attached hydrogen (secondary N) is 3. The molecule has 5 rings (SSSR count). The van der Waals surface area contributed by atoms with Crippen molar-refractivity contribution in [3.05, 3.63) is 49.9 Å². The Labute approximate surface area is 271 Å². The zero-order valence-corrected chi connectivity index (χ0v) is 26.5. The van der Waals surface area contributed by atoms with Crippen molar-refractivity contribution in [1.82, 2.24) is 30.6 Å². The number of aliphatic imine (C=N–C) groups is 1. The van der Waals surface area contributed by atoms with Crippen molar-refractivity contribution in [2.45, 2.75) is 38.5 Å². The van der Waals surface area contributed by atoms with Gasteiger partial charge in [-0.15, -0.1) is 11.3 Å². The molecular formula is C28H28Cl2N8O6S. The van der Waals surface area contributed by atoms with E-state index in [4.69, 9.17) is 32.7 Å². The molecule has 0 aliphatic carbocycles. The van der Waals surface area contributed by atoms with Gasteiger partial charge in [0.05, 0.1) is 57.1 Å². The van der Waals surface area contributed by atoms with Crippen LogP contribution in [0.3, 0.4) is 0 Å². The number of nitrogens with zero attached hydrogens (tertiary/aromatic N) is 5. The first-order valence-corrected chi connectivity index (χ1v) is 15.4. The molecule has 0 unspecified atom stereocenters. The zero-order chi connectivity index (χ0) is 32.2. The summed E-state index contributed by atoms with van der Waals surface area (Å²) in [7, 11) is 1.17. The number of amides is 2. The summed E-state index contributed by atoms with van der Waals surface area (Å²) in [6.07, 6.45) is 4.03. The third-order valence-electron chi connectivity index (χ3n) is 7.42. The Morgan fingerprint density at radius 2 is 2.07 bits per heavy atom. The van der Waals surface area contributed by atoms with E-state index in [0.29, 0.717) is 48.5 Å². The molecule has 4 heterocycles. The highest BCUT2D eigenvalue weighted by atomic mass is 35.5. The Morgan fingerprint density at radius 1 is 1.27 bits per heavy atom. The summed E-state index contributed by atoms with van der Waals surface area (Å²) in [5.41, 5.74) is 2.17. The van der Waals surface area contributed by atoms with E-state index in [-0.39, 0.29) is 46.7 Å². The van der Waals surface area contributed by atoms with Crippen molar-refractivity contribution in [2.24, 2.45) is 4.99 Å². The fourth-order valence-corrected chi connectivity index (χ4v) is 7.01. The van der Waals surface area contributed by atoms with Gasteiger partial charge in [-0.25, -0.2) is 9.79 Å². The summed E-state index contributed by atoms with van der Waals surface area (Å²) in [6.45, 7) is 2.42. The molecule has 0 radical (unpaired) electrons. The van der Waals surface area contributed by atoms with Gasteiger partial charge in [0.25, 0.3) is 11.8 Å². The van der Waals surface area contributed by atoms with E-state index < -0.39 is 23.9 Å². The van der Waals surface area contributed by atoms with Gasteiger partial charge in [-0.1, -0.05) is 23.2 Å². The number of hydrogen-bond acceptors (Lipinski definition) is 10. The number of H-pyrrole nitrogens is 1. The van der Waals surface area contributed by atoms with Crippen molar-refractivity contribution in [3.63, 3.8) is 0 Å². The van der Waals surface area contributed by atoms with Gasteiger partial charge in [0.1, 0.15) is 12.1 Å². The smallest absolute Gasteiger partial charge is 0.330 e. The average Bonchev–Trinajstić information content (AvgIpc) is 3.74. The number of fused-ring (bicyclic) bond motifs is 2. The van der Waals surface area contributed by atoms with Crippen LogP contribution >= 0.6 is 34.5 Å². The molecule has 14 nitrogen and oxygen atoms in total. The van der Waals surface area contributed by atoms with Crippen molar-refractivity contribution >= 4 is 74.5 Å². The summed E-state index contributed by atoms with van der Waals surface area (Å²) in [4.78, 5) is 58.9. The average molecular weight is 676 g/mol. The second kappa shape index (κ2) is 13.7. The molecule has 0 bridgehead atoms. The van der Waals surface area contributed by atoms with Gasteiger partial charge < -0.3 is 24.6 Å². The number of methoxy groups -OCH3 is 1. The largest absolute Gasteiger partial charge is 0.467 e. The molecule has 45 heavy (non-hydrogen) atoms. The molecule has 3 aromatic rings. The number of guanidine groups is 1. The molecule has 2 amide bonds. The fourth-order valence-electron chi connectivity index (χ4n) is 5.29. The number of likely N-dealkylation sites (tertiary alicyclic amines) is 1. The molecule has 17 heteroatoms. The number of aromatic nitrogens is 2. The fraction of sp³-hybridized carbons (Fsp3) is 0.393. The topological polar surface area (TPSA) is 182 Å². The second-order valence-electron chi connectivity index (χ2n) is 10.3. The summed E-state index contributed by atoms with van der Waals surface area (Å²) < 4.78 is 11.0. The van der Waals surface area contributed by atoms with Crippen LogP contribution in [0.2, 0.25) is 10.0 Å². The second-order valence-corrected chi connectivity index (χ2v) is 12.2. The Kier molecular flexibility index (Phi) is 9.76. The number of esters is 2. The number of aromatic amines is 1. The summed E-state index contributed by atoms with van der Waals surface area (Å²) >= 11 is 14.6. The summed E-state index contributed by atoms with van der Waals surface area (Å²) in [5.74, 6) is -1.89. The Morgan fingerprint density at radius 3 is 2.78 bits per heavy atom. The number of carbonyl (C=O) groups excluding carboxylic acids is 4. The molecule has 2 aliphatic rings. The third-order valence-corrected chi connectivity index (χ3v) is 9.19. The SMILES string of the molecule is COC(=O)[C@H](CN=C(NC#N)N1CC[C@H](OC(C)=O)C1)NC(=O)c1c(Cl)cc2c(c1Cl)CCN(C(=O)c1cc3[nH]ncc3s1)C2. The number of hydrogen-bond donors (Lipinski definition) is 3. The van der Waals surface area contributed by atoms with Crippen LogP contribution in [0, 0.1) is 11.5 Å². The van der Waals surface area contributed by atoms with Crippen LogP contribution in [0.5, 0.6) is 0 Å². The first kappa shape index (κ1) is 32.0. The minimum absolute atomic E-state index is 0.0195. The number of halogens is 2. The van der Waals surface area contributed by atoms with Gasteiger partial charge in [0.2, 0.25) is 5.96 Å².